The quantitative estimate of drug-likeness (QED) is 0.191. The standard InChI is InChI=1S/C30H37N9O4/c1-28(2)11-13-43-21-16(6-5-7-17(21)28)24(41)35-19-15-39-27(32)36-18(22-30(39,23(19)40)38-26(31)37-22)14-34-25(42)29(9-10-29)20-8-3-4-12-33-20/h3-8,12,18-19,22-23,40H,9-11,13-15H2,1-2H3,(H2,32,36)(H,34,42)(H,35,41)(H3,31,37,38)/p+1/t18-,19?,22-,23+,30?/m0/s1. The molecule has 1 aromatic heterocycles. The van der Waals surface area contributed by atoms with E-state index in [1.54, 1.807) is 17.2 Å². The summed E-state index contributed by atoms with van der Waals surface area (Å²) >= 11 is 0. The third-order valence-electron chi connectivity index (χ3n) is 9.83. The molecule has 2 unspecified atom stereocenters. The lowest BCUT2D eigenvalue weighted by atomic mass is 9.79. The summed E-state index contributed by atoms with van der Waals surface area (Å²) in [4.78, 5) is 41.0. The minimum atomic E-state index is -1.18. The lowest BCUT2D eigenvalue weighted by Crippen LogP contribution is -2.88. The van der Waals surface area contributed by atoms with Crippen LogP contribution in [0.15, 0.2) is 47.6 Å². The lowest BCUT2D eigenvalue weighted by Gasteiger charge is -2.43. The zero-order valence-corrected chi connectivity index (χ0v) is 24.3. The Kier molecular flexibility index (Phi) is 6.10. The van der Waals surface area contributed by atoms with Gasteiger partial charge in [0.1, 0.15) is 17.9 Å². The third-order valence-corrected chi connectivity index (χ3v) is 9.83. The van der Waals surface area contributed by atoms with Crippen LogP contribution >= 0.6 is 0 Å². The Labute approximate surface area is 249 Å². The summed E-state index contributed by atoms with van der Waals surface area (Å²) in [5, 5.41) is 21.1. The number of rotatable bonds is 6. The van der Waals surface area contributed by atoms with Crippen molar-refractivity contribution in [3.05, 3.63) is 59.4 Å². The predicted octanol–water partition coefficient (Wildman–Crippen LogP) is -2.48. The van der Waals surface area contributed by atoms with Crippen LogP contribution in [-0.2, 0) is 15.6 Å². The van der Waals surface area contributed by atoms with E-state index >= 15 is 0 Å². The zero-order valence-electron chi connectivity index (χ0n) is 24.3. The number of aliphatic hydroxyl groups is 1. The van der Waals surface area contributed by atoms with Crippen LogP contribution in [0.3, 0.4) is 0 Å². The molecule has 2 fully saturated rings. The van der Waals surface area contributed by atoms with Gasteiger partial charge >= 0.3 is 5.96 Å². The van der Waals surface area contributed by atoms with Crippen molar-refractivity contribution < 1.29 is 24.4 Å². The number of para-hydroxylation sites is 1. The number of hydrogen-bond acceptors (Lipinski definition) is 10. The van der Waals surface area contributed by atoms with Gasteiger partial charge in [0.15, 0.2) is 12.0 Å². The SMILES string of the molecule is CC1(C)CCOc2c(C(=O)NC3CN4C(N)=N[C@@H](CNC(=O)C5(c6ccccn6)CC5)[C@@H]5[NH+]=C(N)NC54[C@@H]3O)cccc21. The van der Waals surface area contributed by atoms with Gasteiger partial charge < -0.3 is 31.1 Å². The van der Waals surface area contributed by atoms with E-state index in [1.165, 1.54) is 0 Å². The highest BCUT2D eigenvalue weighted by Gasteiger charge is 2.68. The average molecular weight is 589 g/mol. The van der Waals surface area contributed by atoms with Crippen LogP contribution < -0.4 is 37.1 Å². The fourth-order valence-corrected chi connectivity index (χ4v) is 7.22. The number of aliphatic hydroxyl groups excluding tert-OH is 1. The summed E-state index contributed by atoms with van der Waals surface area (Å²) < 4.78 is 5.96. The molecule has 1 spiro atoms. The second kappa shape index (κ2) is 9.56. The molecule has 9 N–H and O–H groups in total. The number of amides is 2. The first-order chi connectivity index (χ1) is 20.6. The van der Waals surface area contributed by atoms with Gasteiger partial charge in [-0.2, -0.15) is 0 Å². The second-order valence-corrected chi connectivity index (χ2v) is 12.8. The Balaban J connectivity index is 1.11. The van der Waals surface area contributed by atoms with E-state index in [-0.39, 0.29) is 42.2 Å². The van der Waals surface area contributed by atoms with E-state index in [0.717, 1.165) is 30.5 Å². The highest BCUT2D eigenvalue weighted by molar-refractivity contribution is 5.98. The van der Waals surface area contributed by atoms with Crippen molar-refractivity contribution in [1.82, 2.24) is 25.8 Å². The molecular formula is C30H38N9O4+. The first kappa shape index (κ1) is 27.4. The van der Waals surface area contributed by atoms with E-state index in [9.17, 15) is 14.7 Å². The van der Waals surface area contributed by atoms with E-state index in [0.29, 0.717) is 17.9 Å². The summed E-state index contributed by atoms with van der Waals surface area (Å²) in [5.74, 6) is 0.545. The molecule has 0 radical (unpaired) electrons. The summed E-state index contributed by atoms with van der Waals surface area (Å²) in [6.07, 6.45) is 2.87. The maximum absolute atomic E-state index is 13.6. The zero-order chi connectivity index (χ0) is 30.1. The molecule has 0 bridgehead atoms. The number of carbonyl (C=O) groups excluding carboxylic acids is 2. The van der Waals surface area contributed by atoms with Crippen molar-refractivity contribution in [3.63, 3.8) is 0 Å². The molecule has 2 aromatic rings. The number of aliphatic imine (C=N–C) groups is 1. The first-order valence-electron chi connectivity index (χ1n) is 14.8. The first-order valence-corrected chi connectivity index (χ1v) is 14.8. The largest absolute Gasteiger partial charge is 0.492 e. The van der Waals surface area contributed by atoms with Gasteiger partial charge in [-0.25, -0.2) is 10.3 Å². The summed E-state index contributed by atoms with van der Waals surface area (Å²) in [6.45, 7) is 5.16. The molecular weight excluding hydrogens is 550 g/mol. The number of ether oxygens (including phenoxy) is 1. The second-order valence-electron chi connectivity index (χ2n) is 12.8. The Morgan fingerprint density at radius 2 is 2.00 bits per heavy atom. The summed E-state index contributed by atoms with van der Waals surface area (Å²) in [5.41, 5.74) is 12.9. The molecule has 5 heterocycles. The minimum Gasteiger partial charge on any atom is -0.492 e. The van der Waals surface area contributed by atoms with Crippen LogP contribution in [0.25, 0.3) is 0 Å². The molecule has 43 heavy (non-hydrogen) atoms. The molecule has 1 saturated carbocycles. The number of benzene rings is 1. The van der Waals surface area contributed by atoms with Crippen molar-refractivity contribution in [1.29, 1.82) is 0 Å². The number of guanidine groups is 2. The molecule has 4 aliphatic heterocycles. The number of nitrogens with one attached hydrogen (secondary N) is 4. The Bertz CT molecular complexity index is 1540. The number of pyridine rings is 1. The number of aromatic nitrogens is 1. The van der Waals surface area contributed by atoms with Crippen molar-refractivity contribution in [2.75, 3.05) is 19.7 Å². The molecule has 2 amide bonds. The van der Waals surface area contributed by atoms with Gasteiger partial charge in [0.05, 0.1) is 29.3 Å². The molecule has 1 aromatic carbocycles. The van der Waals surface area contributed by atoms with Crippen LogP contribution in [0.5, 0.6) is 5.75 Å². The molecule has 7 rings (SSSR count). The van der Waals surface area contributed by atoms with Gasteiger partial charge in [0.25, 0.3) is 5.91 Å². The summed E-state index contributed by atoms with van der Waals surface area (Å²) in [6, 6.07) is 9.36. The molecule has 13 nitrogen and oxygen atoms in total. The molecule has 13 heteroatoms. The highest BCUT2D eigenvalue weighted by Crippen LogP contribution is 2.47. The van der Waals surface area contributed by atoms with Crippen LogP contribution in [0.1, 0.15) is 54.7 Å². The molecule has 226 valence electrons. The van der Waals surface area contributed by atoms with E-state index in [1.807, 2.05) is 30.3 Å². The van der Waals surface area contributed by atoms with Gasteiger partial charge in [-0.3, -0.25) is 25.3 Å². The van der Waals surface area contributed by atoms with Crippen molar-refractivity contribution in [2.45, 2.75) is 73.8 Å². The van der Waals surface area contributed by atoms with Gasteiger partial charge in [-0.15, -0.1) is 0 Å². The third kappa shape index (κ3) is 4.12. The molecule has 5 aliphatic rings. The highest BCUT2D eigenvalue weighted by atomic mass is 16.5. The van der Waals surface area contributed by atoms with Gasteiger partial charge in [0, 0.05) is 24.8 Å². The number of nitrogens with two attached hydrogens (primary N) is 2. The van der Waals surface area contributed by atoms with Crippen molar-refractivity contribution in [3.8, 4) is 5.75 Å². The van der Waals surface area contributed by atoms with E-state index < -0.39 is 35.3 Å². The van der Waals surface area contributed by atoms with Crippen LogP contribution in [0.4, 0.5) is 0 Å². The normalized spacial score (nSPS) is 30.8. The number of nitrogens with zero attached hydrogens (tertiary/aromatic N) is 3. The predicted molar refractivity (Wildman–Crippen MR) is 157 cm³/mol. The smallest absolute Gasteiger partial charge is 0.343 e. The maximum atomic E-state index is 13.6. The van der Waals surface area contributed by atoms with Crippen LogP contribution in [0, 0.1) is 0 Å². The van der Waals surface area contributed by atoms with Crippen LogP contribution in [-0.4, -0.2) is 88.3 Å². The lowest BCUT2D eigenvalue weighted by molar-refractivity contribution is -0.513. The molecule has 1 aliphatic carbocycles. The van der Waals surface area contributed by atoms with E-state index in [2.05, 4.69) is 39.8 Å². The van der Waals surface area contributed by atoms with E-state index in [4.69, 9.17) is 21.2 Å². The number of carbonyl (C=O) groups is 2. The van der Waals surface area contributed by atoms with Crippen molar-refractivity contribution >= 4 is 23.7 Å². The topological polar surface area (TPSA) is 194 Å². The van der Waals surface area contributed by atoms with Crippen LogP contribution in [0.2, 0.25) is 0 Å². The van der Waals surface area contributed by atoms with Crippen molar-refractivity contribution in [2.24, 2.45) is 16.5 Å². The minimum absolute atomic E-state index is 0.118. The fourth-order valence-electron chi connectivity index (χ4n) is 7.22. The summed E-state index contributed by atoms with van der Waals surface area (Å²) in [7, 11) is 0. The maximum Gasteiger partial charge on any atom is 0.343 e. The van der Waals surface area contributed by atoms with Gasteiger partial charge in [-0.05, 0) is 42.9 Å². The van der Waals surface area contributed by atoms with Gasteiger partial charge in [0.2, 0.25) is 11.6 Å². The number of hydrogen-bond donors (Lipinski definition) is 7. The number of fused-ring (bicyclic) bond motifs is 1. The Morgan fingerprint density at radius 3 is 2.74 bits per heavy atom. The Morgan fingerprint density at radius 1 is 1.19 bits per heavy atom. The monoisotopic (exact) mass is 588 g/mol. The molecule has 1 saturated heterocycles. The fraction of sp³-hybridized carbons (Fsp3) is 0.500. The Hall–Kier alpha value is -4.39. The average Bonchev–Trinajstić information content (AvgIpc) is 3.66. The molecule has 5 atom stereocenters. The van der Waals surface area contributed by atoms with Gasteiger partial charge in [-0.1, -0.05) is 32.0 Å².